The van der Waals surface area contributed by atoms with Crippen molar-refractivity contribution in [2.45, 2.75) is 51.1 Å². The molecule has 2 aromatic rings. The van der Waals surface area contributed by atoms with Gasteiger partial charge < -0.3 is 19.3 Å². The van der Waals surface area contributed by atoms with Gasteiger partial charge in [-0.1, -0.05) is 6.08 Å². The van der Waals surface area contributed by atoms with Crippen LogP contribution in [0.1, 0.15) is 50.4 Å². The molecule has 148 valence electrons. The number of fused-ring (bicyclic) bond motifs is 4. The van der Waals surface area contributed by atoms with Crippen molar-refractivity contribution in [1.82, 2.24) is 9.55 Å². The Kier molecular flexibility index (Phi) is 4.03. The van der Waals surface area contributed by atoms with Gasteiger partial charge >= 0.3 is 5.97 Å². The van der Waals surface area contributed by atoms with E-state index in [0.717, 1.165) is 31.6 Å². The number of ether oxygens (including phenoxy) is 1. The second kappa shape index (κ2) is 6.09. The SMILES string of the molecule is C=CCC12CCCN1c1nc3c(cc1OC2)c(=O)c(C(=O)O)cn3C(C)(C)C. The molecule has 0 aromatic carbocycles. The van der Waals surface area contributed by atoms with Crippen LogP contribution in [0.2, 0.25) is 0 Å². The van der Waals surface area contributed by atoms with Gasteiger partial charge in [0.15, 0.2) is 11.6 Å². The molecule has 0 radical (unpaired) electrons. The maximum absolute atomic E-state index is 12.8. The molecule has 0 saturated carbocycles. The van der Waals surface area contributed by atoms with Crippen LogP contribution in [0.4, 0.5) is 5.82 Å². The molecular weight excluding hydrogens is 358 g/mol. The van der Waals surface area contributed by atoms with E-state index < -0.39 is 16.9 Å². The van der Waals surface area contributed by atoms with Crippen molar-refractivity contribution >= 4 is 22.8 Å². The summed E-state index contributed by atoms with van der Waals surface area (Å²) in [6, 6.07) is 1.66. The van der Waals surface area contributed by atoms with E-state index in [9.17, 15) is 14.7 Å². The van der Waals surface area contributed by atoms with E-state index >= 15 is 0 Å². The minimum Gasteiger partial charge on any atom is -0.487 e. The predicted molar refractivity (Wildman–Crippen MR) is 108 cm³/mol. The molecule has 4 rings (SSSR count). The first-order valence-electron chi connectivity index (χ1n) is 9.53. The highest BCUT2D eigenvalue weighted by molar-refractivity contribution is 5.93. The van der Waals surface area contributed by atoms with Gasteiger partial charge in [0.05, 0.1) is 10.9 Å². The number of rotatable bonds is 3. The second-order valence-electron chi connectivity index (χ2n) is 8.66. The van der Waals surface area contributed by atoms with Crippen LogP contribution < -0.4 is 15.1 Å². The monoisotopic (exact) mass is 383 g/mol. The molecule has 4 heterocycles. The van der Waals surface area contributed by atoms with Crippen LogP contribution in [-0.4, -0.2) is 39.3 Å². The summed E-state index contributed by atoms with van der Waals surface area (Å²) in [7, 11) is 0. The maximum atomic E-state index is 12.8. The van der Waals surface area contributed by atoms with E-state index in [2.05, 4.69) is 11.5 Å². The Bertz CT molecular complexity index is 1050. The third-order valence-corrected chi connectivity index (χ3v) is 5.75. The number of carboxylic acids is 1. The largest absolute Gasteiger partial charge is 0.487 e. The Morgan fingerprint density at radius 2 is 2.21 bits per heavy atom. The molecule has 28 heavy (non-hydrogen) atoms. The Labute approximate surface area is 163 Å². The molecule has 7 heteroatoms. The molecule has 1 atom stereocenters. The van der Waals surface area contributed by atoms with Crippen LogP contribution in [0.3, 0.4) is 0 Å². The molecule has 1 N–H and O–H groups in total. The van der Waals surface area contributed by atoms with Gasteiger partial charge in [0.2, 0.25) is 5.43 Å². The lowest BCUT2D eigenvalue weighted by atomic mass is 9.91. The van der Waals surface area contributed by atoms with E-state index in [4.69, 9.17) is 9.72 Å². The molecular formula is C21H25N3O4. The summed E-state index contributed by atoms with van der Waals surface area (Å²) in [5, 5.41) is 9.75. The highest BCUT2D eigenvalue weighted by atomic mass is 16.5. The lowest BCUT2D eigenvalue weighted by Gasteiger charge is -2.43. The summed E-state index contributed by atoms with van der Waals surface area (Å²) >= 11 is 0. The van der Waals surface area contributed by atoms with E-state index in [0.29, 0.717) is 18.0 Å². The first kappa shape index (κ1) is 18.5. The average Bonchev–Trinajstić information content (AvgIpc) is 3.04. The molecule has 0 bridgehead atoms. The molecule has 1 unspecified atom stereocenters. The van der Waals surface area contributed by atoms with Crippen molar-refractivity contribution in [3.63, 3.8) is 0 Å². The summed E-state index contributed by atoms with van der Waals surface area (Å²) in [6.07, 6.45) is 6.16. The van der Waals surface area contributed by atoms with Crippen LogP contribution in [0, 0.1) is 0 Å². The molecule has 2 aliphatic rings. The molecule has 1 fully saturated rings. The van der Waals surface area contributed by atoms with E-state index in [1.165, 1.54) is 6.20 Å². The van der Waals surface area contributed by atoms with Crippen LogP contribution >= 0.6 is 0 Å². The van der Waals surface area contributed by atoms with Gasteiger partial charge in [-0.25, -0.2) is 9.78 Å². The molecule has 0 amide bonds. The topological polar surface area (TPSA) is 84.7 Å². The van der Waals surface area contributed by atoms with Gasteiger partial charge in [0.1, 0.15) is 17.8 Å². The zero-order valence-electron chi connectivity index (χ0n) is 16.5. The summed E-state index contributed by atoms with van der Waals surface area (Å²) in [5.74, 6) is 0.0147. The van der Waals surface area contributed by atoms with Crippen molar-refractivity contribution in [3.05, 3.63) is 40.7 Å². The Morgan fingerprint density at radius 3 is 2.86 bits per heavy atom. The number of carbonyl (C=O) groups is 1. The van der Waals surface area contributed by atoms with E-state index in [-0.39, 0.29) is 16.5 Å². The van der Waals surface area contributed by atoms with Gasteiger partial charge in [-0.3, -0.25) is 4.79 Å². The van der Waals surface area contributed by atoms with Crippen molar-refractivity contribution in [3.8, 4) is 5.75 Å². The van der Waals surface area contributed by atoms with Crippen molar-refractivity contribution in [2.75, 3.05) is 18.1 Å². The number of anilines is 1. The zero-order chi connectivity index (χ0) is 20.3. The fourth-order valence-corrected chi connectivity index (χ4v) is 4.35. The van der Waals surface area contributed by atoms with Crippen LogP contribution in [-0.2, 0) is 5.54 Å². The lowest BCUT2D eigenvalue weighted by Crippen LogP contribution is -2.51. The minimum absolute atomic E-state index is 0.150. The number of pyridine rings is 2. The first-order chi connectivity index (χ1) is 13.2. The Balaban J connectivity index is 2.02. The average molecular weight is 383 g/mol. The number of aromatic nitrogens is 2. The minimum atomic E-state index is -1.24. The number of aromatic carboxylic acids is 1. The molecule has 2 aromatic heterocycles. The van der Waals surface area contributed by atoms with E-state index in [1.807, 2.05) is 26.8 Å². The molecule has 2 aliphatic heterocycles. The van der Waals surface area contributed by atoms with Crippen LogP contribution in [0.15, 0.2) is 29.7 Å². The number of hydrogen-bond acceptors (Lipinski definition) is 5. The quantitative estimate of drug-likeness (QED) is 0.820. The van der Waals surface area contributed by atoms with Gasteiger partial charge in [-0.15, -0.1) is 6.58 Å². The zero-order valence-corrected chi connectivity index (χ0v) is 16.5. The standard InChI is InChI=1S/C21H25N3O4/c1-5-7-21-8-6-9-23(21)18-15(28-12-21)10-13-16(25)14(19(26)27)11-24(17(13)22-18)20(2,3)4/h5,10-11H,1,6-9,12H2,2-4H3,(H,26,27). The summed E-state index contributed by atoms with van der Waals surface area (Å²) < 4.78 is 7.81. The Hall–Kier alpha value is -2.83. The first-order valence-corrected chi connectivity index (χ1v) is 9.53. The fraction of sp³-hybridized carbons (Fsp3) is 0.476. The lowest BCUT2D eigenvalue weighted by molar-refractivity contribution is 0.0694. The third kappa shape index (κ3) is 2.60. The predicted octanol–water partition coefficient (Wildman–Crippen LogP) is 3.16. The van der Waals surface area contributed by atoms with Gasteiger partial charge in [0.25, 0.3) is 0 Å². The maximum Gasteiger partial charge on any atom is 0.341 e. The van der Waals surface area contributed by atoms with Crippen molar-refractivity contribution in [1.29, 1.82) is 0 Å². The van der Waals surface area contributed by atoms with Gasteiger partial charge in [-0.05, 0) is 46.1 Å². The number of nitrogens with zero attached hydrogens (tertiary/aromatic N) is 3. The molecule has 0 aliphatic carbocycles. The fourth-order valence-electron chi connectivity index (χ4n) is 4.35. The van der Waals surface area contributed by atoms with Crippen molar-refractivity contribution < 1.29 is 14.6 Å². The molecule has 7 nitrogen and oxygen atoms in total. The van der Waals surface area contributed by atoms with E-state index in [1.54, 1.807) is 10.6 Å². The Morgan fingerprint density at radius 1 is 1.46 bits per heavy atom. The highest BCUT2D eigenvalue weighted by Crippen LogP contribution is 2.45. The van der Waals surface area contributed by atoms with Crippen molar-refractivity contribution in [2.24, 2.45) is 0 Å². The van der Waals surface area contributed by atoms with Gasteiger partial charge in [-0.2, -0.15) is 0 Å². The molecule has 1 saturated heterocycles. The number of carboxylic acid groups (broad SMARTS) is 1. The summed E-state index contributed by atoms with van der Waals surface area (Å²) in [4.78, 5) is 31.5. The number of hydrogen-bond donors (Lipinski definition) is 1. The highest BCUT2D eigenvalue weighted by Gasteiger charge is 2.46. The summed E-state index contributed by atoms with van der Waals surface area (Å²) in [5.41, 5.74) is -0.918. The smallest absolute Gasteiger partial charge is 0.341 e. The van der Waals surface area contributed by atoms with Crippen LogP contribution in [0.5, 0.6) is 5.75 Å². The van der Waals surface area contributed by atoms with Crippen LogP contribution in [0.25, 0.3) is 11.0 Å². The third-order valence-electron chi connectivity index (χ3n) is 5.75. The second-order valence-corrected chi connectivity index (χ2v) is 8.66. The normalized spacial score (nSPS) is 21.2. The summed E-state index contributed by atoms with van der Waals surface area (Å²) in [6.45, 7) is 11.1. The van der Waals surface area contributed by atoms with Gasteiger partial charge in [0, 0.05) is 18.3 Å². The molecule has 0 spiro atoms.